The zero-order valence-electron chi connectivity index (χ0n) is 17.9. The van der Waals surface area contributed by atoms with E-state index in [0.29, 0.717) is 13.1 Å². The van der Waals surface area contributed by atoms with Gasteiger partial charge < -0.3 is 15.1 Å². The molecule has 0 atom stereocenters. The molecule has 2 aromatic heterocycles. The lowest BCUT2D eigenvalue weighted by Gasteiger charge is -2.24. The third-order valence-corrected chi connectivity index (χ3v) is 5.46. The summed E-state index contributed by atoms with van der Waals surface area (Å²) in [6.45, 7) is 9.68. The molecule has 0 radical (unpaired) electrons. The van der Waals surface area contributed by atoms with Crippen LogP contribution in [0.25, 0.3) is 16.7 Å². The molecule has 1 saturated heterocycles. The van der Waals surface area contributed by atoms with Crippen LogP contribution in [0.1, 0.15) is 31.8 Å². The van der Waals surface area contributed by atoms with Crippen molar-refractivity contribution in [2.24, 2.45) is 0 Å². The summed E-state index contributed by atoms with van der Waals surface area (Å²) >= 11 is 0. The predicted molar refractivity (Wildman–Crippen MR) is 118 cm³/mol. The van der Waals surface area contributed by atoms with Crippen molar-refractivity contribution in [2.75, 3.05) is 37.6 Å². The van der Waals surface area contributed by atoms with Gasteiger partial charge in [0, 0.05) is 39.1 Å². The summed E-state index contributed by atoms with van der Waals surface area (Å²) in [6, 6.07) is 10.1. The van der Waals surface area contributed by atoms with Crippen LogP contribution in [0.15, 0.2) is 30.3 Å². The number of aryl methyl sites for hydroxylation is 2. The Morgan fingerprint density at radius 1 is 1.07 bits per heavy atom. The number of carbonyl (C=O) groups excluding carboxylic acids is 1. The van der Waals surface area contributed by atoms with E-state index in [9.17, 15) is 4.79 Å². The number of benzene rings is 1. The van der Waals surface area contributed by atoms with Crippen LogP contribution in [0.4, 0.5) is 10.6 Å². The number of hydrogen-bond donors (Lipinski definition) is 1. The summed E-state index contributed by atoms with van der Waals surface area (Å²) < 4.78 is 1.91. The van der Waals surface area contributed by atoms with Crippen molar-refractivity contribution in [2.45, 2.75) is 33.6 Å². The second-order valence-corrected chi connectivity index (χ2v) is 7.51. The molecule has 0 unspecified atom stereocenters. The molecule has 158 valence electrons. The molecule has 8 heteroatoms. The quantitative estimate of drug-likeness (QED) is 0.719. The Kier molecular flexibility index (Phi) is 5.83. The zero-order chi connectivity index (χ0) is 21.1. The zero-order valence-corrected chi connectivity index (χ0v) is 17.9. The number of urea groups is 1. The standard InChI is InChI=1S/C22H29N7O/c1-4-18-24-20(27-12-9-13-28(15-14-27)22(30)23-5-2)19-16(3)26-29(21(19)25-18)17-10-7-6-8-11-17/h6-8,10-11H,4-5,9,12-15H2,1-3H3,(H,23,30). The van der Waals surface area contributed by atoms with Gasteiger partial charge in [0.2, 0.25) is 0 Å². The van der Waals surface area contributed by atoms with E-state index < -0.39 is 0 Å². The topological polar surface area (TPSA) is 79.2 Å². The SMILES string of the molecule is CCNC(=O)N1CCCN(c2nc(CC)nc3c2c(C)nn3-c2ccccc2)CC1. The van der Waals surface area contributed by atoms with E-state index >= 15 is 0 Å². The number of fused-ring (bicyclic) bond motifs is 1. The molecule has 1 aliphatic heterocycles. The predicted octanol–water partition coefficient (Wildman–Crippen LogP) is 2.93. The number of nitrogens with zero attached hydrogens (tertiary/aromatic N) is 6. The monoisotopic (exact) mass is 407 g/mol. The molecule has 3 aromatic rings. The minimum atomic E-state index is 0.00881. The van der Waals surface area contributed by atoms with E-state index in [1.165, 1.54) is 0 Å². The Balaban J connectivity index is 1.74. The third kappa shape index (κ3) is 3.81. The van der Waals surface area contributed by atoms with Crippen LogP contribution >= 0.6 is 0 Å². The maximum absolute atomic E-state index is 12.3. The van der Waals surface area contributed by atoms with Crippen molar-refractivity contribution in [1.29, 1.82) is 0 Å². The Hall–Kier alpha value is -3.16. The van der Waals surface area contributed by atoms with E-state index in [-0.39, 0.29) is 6.03 Å². The van der Waals surface area contributed by atoms with E-state index in [0.717, 1.165) is 66.5 Å². The Labute approximate surface area is 176 Å². The summed E-state index contributed by atoms with van der Waals surface area (Å²) in [5, 5.41) is 8.69. The van der Waals surface area contributed by atoms with Crippen molar-refractivity contribution in [1.82, 2.24) is 30.0 Å². The van der Waals surface area contributed by atoms with Gasteiger partial charge in [0.15, 0.2) is 5.65 Å². The summed E-state index contributed by atoms with van der Waals surface area (Å²) in [5.74, 6) is 1.73. The molecule has 8 nitrogen and oxygen atoms in total. The van der Waals surface area contributed by atoms with Gasteiger partial charge in [-0.2, -0.15) is 5.10 Å². The van der Waals surface area contributed by atoms with Crippen molar-refractivity contribution >= 4 is 22.9 Å². The molecule has 3 heterocycles. The van der Waals surface area contributed by atoms with Crippen molar-refractivity contribution < 1.29 is 4.79 Å². The van der Waals surface area contributed by atoms with Crippen LogP contribution in [0.5, 0.6) is 0 Å². The second kappa shape index (κ2) is 8.69. The number of rotatable bonds is 4. The number of para-hydroxylation sites is 1. The van der Waals surface area contributed by atoms with E-state index in [4.69, 9.17) is 15.1 Å². The molecular formula is C22H29N7O. The fourth-order valence-electron chi connectivity index (χ4n) is 3.94. The lowest BCUT2D eigenvalue weighted by molar-refractivity contribution is 0.202. The van der Waals surface area contributed by atoms with Crippen LogP contribution in [0.3, 0.4) is 0 Å². The van der Waals surface area contributed by atoms with Gasteiger partial charge in [-0.15, -0.1) is 0 Å². The highest BCUT2D eigenvalue weighted by atomic mass is 16.2. The Bertz CT molecular complexity index is 1030. The summed E-state index contributed by atoms with van der Waals surface area (Å²) in [6.07, 6.45) is 1.65. The van der Waals surface area contributed by atoms with Gasteiger partial charge in [-0.3, -0.25) is 0 Å². The number of amides is 2. The molecule has 0 spiro atoms. The molecule has 30 heavy (non-hydrogen) atoms. The van der Waals surface area contributed by atoms with Gasteiger partial charge in [-0.1, -0.05) is 25.1 Å². The highest BCUT2D eigenvalue weighted by Gasteiger charge is 2.24. The fraction of sp³-hybridized carbons (Fsp3) is 0.455. The van der Waals surface area contributed by atoms with Gasteiger partial charge in [0.25, 0.3) is 0 Å². The van der Waals surface area contributed by atoms with Gasteiger partial charge in [0.05, 0.1) is 16.8 Å². The smallest absolute Gasteiger partial charge is 0.317 e. The number of anilines is 1. The summed E-state index contributed by atoms with van der Waals surface area (Å²) in [4.78, 5) is 26.2. The van der Waals surface area contributed by atoms with Crippen LogP contribution in [-0.2, 0) is 6.42 Å². The van der Waals surface area contributed by atoms with Gasteiger partial charge >= 0.3 is 6.03 Å². The average molecular weight is 408 g/mol. The van der Waals surface area contributed by atoms with Gasteiger partial charge in [-0.05, 0) is 32.4 Å². The first-order valence-corrected chi connectivity index (χ1v) is 10.7. The molecule has 0 saturated carbocycles. The molecule has 0 aliphatic carbocycles. The van der Waals surface area contributed by atoms with Crippen LogP contribution in [0, 0.1) is 6.92 Å². The van der Waals surface area contributed by atoms with Crippen molar-refractivity contribution in [3.8, 4) is 5.69 Å². The molecule has 4 rings (SSSR count). The number of aromatic nitrogens is 4. The van der Waals surface area contributed by atoms with E-state index in [1.807, 2.05) is 53.8 Å². The molecule has 2 amide bonds. The molecule has 1 N–H and O–H groups in total. The lowest BCUT2D eigenvalue weighted by Crippen LogP contribution is -2.42. The first-order valence-electron chi connectivity index (χ1n) is 10.7. The largest absolute Gasteiger partial charge is 0.354 e. The summed E-state index contributed by atoms with van der Waals surface area (Å²) in [7, 11) is 0. The van der Waals surface area contributed by atoms with Crippen molar-refractivity contribution in [3.05, 3.63) is 41.9 Å². The summed E-state index contributed by atoms with van der Waals surface area (Å²) in [5.41, 5.74) is 2.74. The molecule has 1 fully saturated rings. The highest BCUT2D eigenvalue weighted by molar-refractivity contribution is 5.91. The van der Waals surface area contributed by atoms with Crippen molar-refractivity contribution in [3.63, 3.8) is 0 Å². The van der Waals surface area contributed by atoms with E-state index in [2.05, 4.69) is 17.1 Å². The first kappa shape index (κ1) is 20.1. The minimum absolute atomic E-state index is 0.00881. The molecular weight excluding hydrogens is 378 g/mol. The normalized spacial score (nSPS) is 14.8. The number of hydrogen-bond acceptors (Lipinski definition) is 5. The van der Waals surface area contributed by atoms with Crippen LogP contribution < -0.4 is 10.2 Å². The lowest BCUT2D eigenvalue weighted by atomic mass is 10.2. The molecule has 1 aliphatic rings. The third-order valence-electron chi connectivity index (χ3n) is 5.46. The van der Waals surface area contributed by atoms with Crippen LogP contribution in [0.2, 0.25) is 0 Å². The average Bonchev–Trinajstić information content (AvgIpc) is 2.94. The Morgan fingerprint density at radius 2 is 1.87 bits per heavy atom. The highest BCUT2D eigenvalue weighted by Crippen LogP contribution is 2.29. The molecule has 0 bridgehead atoms. The van der Waals surface area contributed by atoms with E-state index in [1.54, 1.807) is 0 Å². The molecule has 1 aromatic carbocycles. The number of carbonyl (C=O) groups is 1. The first-order chi connectivity index (χ1) is 14.6. The van der Waals surface area contributed by atoms with Gasteiger partial charge in [-0.25, -0.2) is 19.4 Å². The minimum Gasteiger partial charge on any atom is -0.354 e. The second-order valence-electron chi connectivity index (χ2n) is 7.51. The Morgan fingerprint density at radius 3 is 2.60 bits per heavy atom. The maximum Gasteiger partial charge on any atom is 0.317 e. The van der Waals surface area contributed by atoms with Crippen LogP contribution in [-0.4, -0.2) is 63.4 Å². The number of nitrogens with one attached hydrogen (secondary N) is 1. The maximum atomic E-state index is 12.3. The van der Waals surface area contributed by atoms with Gasteiger partial charge in [0.1, 0.15) is 11.6 Å². The fourth-order valence-corrected chi connectivity index (χ4v) is 3.94.